The molecule has 2 aliphatic heterocycles. The number of methoxy groups -OCH3 is 1. The first-order chi connectivity index (χ1) is 16.6. The Bertz CT molecular complexity index is 1330. The number of nitrogens with zero attached hydrogens (tertiary/aromatic N) is 2. The van der Waals surface area contributed by atoms with E-state index in [0.717, 1.165) is 28.8 Å². The number of hydrogen-bond acceptors (Lipinski definition) is 8. The van der Waals surface area contributed by atoms with Crippen molar-refractivity contribution in [1.29, 1.82) is 0 Å². The summed E-state index contributed by atoms with van der Waals surface area (Å²) in [5.74, 6) is 1.21. The monoisotopic (exact) mass is 485 g/mol. The van der Waals surface area contributed by atoms with Crippen LogP contribution >= 0.6 is 11.3 Å². The van der Waals surface area contributed by atoms with Gasteiger partial charge in [-0.3, -0.25) is 14.3 Å². The van der Waals surface area contributed by atoms with E-state index >= 15 is 0 Å². The zero-order valence-electron chi connectivity index (χ0n) is 19.2. The molecule has 2 aliphatic rings. The van der Waals surface area contributed by atoms with Crippen LogP contribution in [0.4, 0.5) is 0 Å². The first kappa shape index (κ1) is 22.8. The van der Waals surface area contributed by atoms with E-state index in [0.29, 0.717) is 48.2 Å². The molecule has 1 aromatic carbocycles. The molecule has 3 aromatic rings. The number of aryl methyl sites for hydroxylation is 1. The maximum atomic E-state index is 13.1. The van der Waals surface area contributed by atoms with Gasteiger partial charge in [-0.1, -0.05) is 18.2 Å². The number of aromatic nitrogens is 2. The summed E-state index contributed by atoms with van der Waals surface area (Å²) in [5.41, 5.74) is 0.721. The molecule has 1 fully saturated rings. The number of thiophene rings is 1. The molecule has 9 nitrogen and oxygen atoms in total. The van der Waals surface area contributed by atoms with Crippen molar-refractivity contribution in [3.8, 4) is 5.75 Å². The molecule has 180 valence electrons. The second-order valence-corrected chi connectivity index (χ2v) is 9.32. The molecule has 2 aromatic heterocycles. The van der Waals surface area contributed by atoms with Gasteiger partial charge in [-0.25, -0.2) is 9.79 Å². The SMILES string of the molecule is COc1ccccc1[C@H](Cn1c(=O)[nH]c(=O)c2c(C)c(C3=NCCO3)sc21)OC1CCOCC1. The second kappa shape index (κ2) is 9.73. The number of aliphatic imine (C=N–C) groups is 1. The molecular formula is C24H27N3O6S. The number of benzene rings is 1. The Hall–Kier alpha value is -2.95. The van der Waals surface area contributed by atoms with Gasteiger partial charge in [0.05, 0.1) is 36.6 Å². The summed E-state index contributed by atoms with van der Waals surface area (Å²) in [4.78, 5) is 34.1. The molecule has 34 heavy (non-hydrogen) atoms. The third-order valence-corrected chi connectivity index (χ3v) is 7.51. The molecule has 10 heteroatoms. The number of rotatable bonds is 7. The van der Waals surface area contributed by atoms with Gasteiger partial charge in [0.25, 0.3) is 5.56 Å². The van der Waals surface area contributed by atoms with Gasteiger partial charge in [0.15, 0.2) is 0 Å². The lowest BCUT2D eigenvalue weighted by Gasteiger charge is -2.29. The van der Waals surface area contributed by atoms with Gasteiger partial charge >= 0.3 is 5.69 Å². The molecular weight excluding hydrogens is 458 g/mol. The summed E-state index contributed by atoms with van der Waals surface area (Å²) in [6, 6.07) is 7.65. The summed E-state index contributed by atoms with van der Waals surface area (Å²) < 4.78 is 24.9. The van der Waals surface area contributed by atoms with Gasteiger partial charge < -0.3 is 18.9 Å². The zero-order chi connectivity index (χ0) is 23.7. The lowest BCUT2D eigenvalue weighted by Crippen LogP contribution is -2.33. The van der Waals surface area contributed by atoms with Crippen molar-refractivity contribution >= 4 is 27.5 Å². The average Bonchev–Trinajstić information content (AvgIpc) is 3.50. The van der Waals surface area contributed by atoms with Crippen molar-refractivity contribution in [3.05, 3.63) is 61.1 Å². The van der Waals surface area contributed by atoms with Crippen LogP contribution in [0.2, 0.25) is 0 Å². The van der Waals surface area contributed by atoms with Gasteiger partial charge in [-0.05, 0) is 31.4 Å². The molecule has 1 atom stereocenters. The molecule has 0 spiro atoms. The van der Waals surface area contributed by atoms with Crippen molar-refractivity contribution in [2.24, 2.45) is 4.99 Å². The van der Waals surface area contributed by atoms with Crippen molar-refractivity contribution in [2.75, 3.05) is 33.5 Å². The minimum absolute atomic E-state index is 0.000469. The lowest BCUT2D eigenvalue weighted by atomic mass is 10.1. The fraction of sp³-hybridized carbons (Fsp3) is 0.458. The number of para-hydroxylation sites is 1. The fourth-order valence-corrected chi connectivity index (χ4v) is 5.75. The zero-order valence-corrected chi connectivity index (χ0v) is 20.0. The highest BCUT2D eigenvalue weighted by Crippen LogP contribution is 2.34. The van der Waals surface area contributed by atoms with Crippen molar-refractivity contribution in [3.63, 3.8) is 0 Å². The van der Waals surface area contributed by atoms with E-state index < -0.39 is 17.4 Å². The standard InChI is InChI=1S/C24H27N3O6S/c1-14-19-21(28)26-24(29)27(23(19)34-20(14)22-25-9-12-32-22)13-18(33-15-7-10-31-11-8-15)16-5-3-4-6-17(16)30-2/h3-6,15,18H,7-13H2,1-2H3,(H,26,28,29)/t18-/m0/s1. The van der Waals surface area contributed by atoms with Gasteiger partial charge in [-0.2, -0.15) is 0 Å². The first-order valence-corrected chi connectivity index (χ1v) is 12.2. The molecule has 0 radical (unpaired) electrons. The normalized spacial score (nSPS) is 17.5. The Morgan fingerprint density at radius 1 is 1.24 bits per heavy atom. The van der Waals surface area contributed by atoms with Crippen LogP contribution in [0.15, 0.2) is 38.8 Å². The summed E-state index contributed by atoms with van der Waals surface area (Å²) in [7, 11) is 1.62. The van der Waals surface area contributed by atoms with E-state index in [1.54, 1.807) is 11.7 Å². The smallest absolute Gasteiger partial charge is 0.329 e. The Balaban J connectivity index is 1.60. The van der Waals surface area contributed by atoms with Gasteiger partial charge in [0, 0.05) is 18.8 Å². The number of ether oxygens (including phenoxy) is 4. The van der Waals surface area contributed by atoms with E-state index in [2.05, 4.69) is 9.98 Å². The number of fused-ring (bicyclic) bond motifs is 1. The second-order valence-electron chi connectivity index (χ2n) is 8.32. The maximum Gasteiger partial charge on any atom is 0.329 e. The molecule has 1 N–H and O–H groups in total. The summed E-state index contributed by atoms with van der Waals surface area (Å²) in [6.45, 7) is 4.46. The number of aromatic amines is 1. The van der Waals surface area contributed by atoms with Crippen LogP contribution in [0.3, 0.4) is 0 Å². The Labute approximate surface area is 199 Å². The Morgan fingerprint density at radius 3 is 2.76 bits per heavy atom. The number of nitrogens with one attached hydrogen (secondary N) is 1. The largest absolute Gasteiger partial charge is 0.496 e. The highest BCUT2D eigenvalue weighted by molar-refractivity contribution is 7.20. The first-order valence-electron chi connectivity index (χ1n) is 11.4. The number of hydrogen-bond donors (Lipinski definition) is 1. The predicted molar refractivity (Wildman–Crippen MR) is 129 cm³/mol. The topological polar surface area (TPSA) is 104 Å². The van der Waals surface area contributed by atoms with E-state index in [1.165, 1.54) is 11.3 Å². The average molecular weight is 486 g/mol. The van der Waals surface area contributed by atoms with Crippen LogP contribution in [0, 0.1) is 6.92 Å². The maximum absolute atomic E-state index is 13.1. The van der Waals surface area contributed by atoms with E-state index in [9.17, 15) is 9.59 Å². The fourth-order valence-electron chi connectivity index (χ4n) is 4.47. The molecule has 0 unspecified atom stereocenters. The molecule has 5 rings (SSSR count). The van der Waals surface area contributed by atoms with E-state index in [4.69, 9.17) is 18.9 Å². The van der Waals surface area contributed by atoms with E-state index in [1.807, 2.05) is 31.2 Å². The van der Waals surface area contributed by atoms with Crippen LogP contribution in [-0.4, -0.2) is 55.0 Å². The molecule has 0 bridgehead atoms. The quantitative estimate of drug-likeness (QED) is 0.552. The minimum atomic E-state index is -0.477. The lowest BCUT2D eigenvalue weighted by molar-refractivity contribution is -0.0752. The highest BCUT2D eigenvalue weighted by Gasteiger charge is 2.27. The molecule has 1 saturated heterocycles. The summed E-state index contributed by atoms with van der Waals surface area (Å²) >= 11 is 1.35. The van der Waals surface area contributed by atoms with Crippen LogP contribution in [0.5, 0.6) is 5.75 Å². The van der Waals surface area contributed by atoms with Crippen molar-refractivity contribution < 1.29 is 18.9 Å². The van der Waals surface area contributed by atoms with Gasteiger partial charge in [-0.15, -0.1) is 11.3 Å². The molecule has 0 aliphatic carbocycles. The van der Waals surface area contributed by atoms with Crippen LogP contribution in [-0.2, 0) is 20.8 Å². The summed E-state index contributed by atoms with van der Waals surface area (Å²) in [5, 5.41) is 0.475. The third kappa shape index (κ3) is 4.28. The van der Waals surface area contributed by atoms with Gasteiger partial charge in [0.1, 0.15) is 23.3 Å². The van der Waals surface area contributed by atoms with E-state index in [-0.39, 0.29) is 12.6 Å². The van der Waals surface area contributed by atoms with Gasteiger partial charge in [0.2, 0.25) is 5.90 Å². The predicted octanol–water partition coefficient (Wildman–Crippen LogP) is 2.78. The third-order valence-electron chi connectivity index (χ3n) is 6.20. The Morgan fingerprint density at radius 2 is 2.03 bits per heavy atom. The minimum Gasteiger partial charge on any atom is -0.496 e. The van der Waals surface area contributed by atoms with Crippen LogP contribution < -0.4 is 16.0 Å². The van der Waals surface area contributed by atoms with Crippen molar-refractivity contribution in [1.82, 2.24) is 9.55 Å². The summed E-state index contributed by atoms with van der Waals surface area (Å²) in [6.07, 6.45) is 1.10. The molecule has 0 saturated carbocycles. The Kier molecular flexibility index (Phi) is 6.53. The molecule has 0 amide bonds. The number of H-pyrrole nitrogens is 1. The van der Waals surface area contributed by atoms with Crippen molar-refractivity contribution in [2.45, 2.75) is 38.5 Å². The highest BCUT2D eigenvalue weighted by atomic mass is 32.1. The molecule has 4 heterocycles. The van der Waals surface area contributed by atoms with Crippen LogP contribution in [0.1, 0.15) is 34.9 Å². The van der Waals surface area contributed by atoms with Crippen LogP contribution in [0.25, 0.3) is 10.2 Å².